The summed E-state index contributed by atoms with van der Waals surface area (Å²) < 4.78 is 34.3. The first-order valence-electron chi connectivity index (χ1n) is 22.1. The number of hydrogen-bond donors (Lipinski definition) is 1. The van der Waals surface area contributed by atoms with Crippen LogP contribution < -0.4 is 0 Å². The van der Waals surface area contributed by atoms with Crippen LogP contribution in [0.2, 0.25) is 0 Å². The van der Waals surface area contributed by atoms with Crippen LogP contribution in [0, 0.1) is 0 Å². The first kappa shape index (κ1) is 52.5. The summed E-state index contributed by atoms with van der Waals surface area (Å²) in [6.45, 7) is 4.40. The van der Waals surface area contributed by atoms with Crippen LogP contribution in [-0.4, -0.2) is 74.9 Å². The van der Waals surface area contributed by atoms with Crippen molar-refractivity contribution in [2.75, 3.05) is 47.5 Å². The third-order valence-corrected chi connectivity index (χ3v) is 10.4. The number of rotatable bonds is 40. The van der Waals surface area contributed by atoms with E-state index in [1.807, 2.05) is 21.1 Å². The SMILES string of the molecule is CCCCCCCC/C=C/CCCCCCCC(=O)OC[C@H](COP(=O)(O)OCC[N+](C)(C)C)OC(=O)CCCCCCC/C=C/CCCCCCCC. The minimum absolute atomic E-state index is 0.0299. The lowest BCUT2D eigenvalue weighted by atomic mass is 10.1. The van der Waals surface area contributed by atoms with Gasteiger partial charge >= 0.3 is 19.8 Å². The van der Waals surface area contributed by atoms with Crippen LogP contribution in [0.3, 0.4) is 0 Å². The average molecular weight is 787 g/mol. The van der Waals surface area contributed by atoms with Crippen molar-refractivity contribution in [3.63, 3.8) is 0 Å². The number of likely N-dealkylation sites (N-methyl/N-ethyl adjacent to an activating group) is 1. The number of allylic oxidation sites excluding steroid dienone is 4. The van der Waals surface area contributed by atoms with E-state index < -0.39 is 26.5 Å². The molecule has 0 heterocycles. The van der Waals surface area contributed by atoms with Crippen LogP contribution in [-0.2, 0) is 32.7 Å². The van der Waals surface area contributed by atoms with Crippen molar-refractivity contribution in [2.45, 2.75) is 200 Å². The summed E-state index contributed by atoms with van der Waals surface area (Å²) in [4.78, 5) is 35.3. The molecule has 0 aromatic carbocycles. The first-order valence-corrected chi connectivity index (χ1v) is 23.6. The quantitative estimate of drug-likeness (QED) is 0.0215. The summed E-state index contributed by atoms with van der Waals surface area (Å²) in [6, 6.07) is 0. The zero-order valence-electron chi connectivity index (χ0n) is 35.7. The van der Waals surface area contributed by atoms with Crippen molar-refractivity contribution in [3.05, 3.63) is 24.3 Å². The molecule has 318 valence electrons. The van der Waals surface area contributed by atoms with Crippen molar-refractivity contribution in [3.8, 4) is 0 Å². The van der Waals surface area contributed by atoms with Crippen molar-refractivity contribution < 1.29 is 42.1 Å². The molecule has 0 rings (SSSR count). The molecule has 0 spiro atoms. The van der Waals surface area contributed by atoms with Gasteiger partial charge < -0.3 is 18.9 Å². The van der Waals surface area contributed by atoms with E-state index in [0.717, 1.165) is 70.6 Å². The molecular formula is C44H85NO8P+. The Bertz CT molecular complexity index is 980. The number of carbonyl (C=O) groups is 2. The maximum Gasteiger partial charge on any atom is 0.472 e. The van der Waals surface area contributed by atoms with Gasteiger partial charge in [0.25, 0.3) is 0 Å². The Labute approximate surface area is 332 Å². The summed E-state index contributed by atoms with van der Waals surface area (Å²) in [6.07, 6.45) is 39.3. The van der Waals surface area contributed by atoms with Crippen LogP contribution in [0.4, 0.5) is 0 Å². The van der Waals surface area contributed by atoms with E-state index in [1.165, 1.54) is 89.9 Å². The van der Waals surface area contributed by atoms with Gasteiger partial charge in [-0.05, 0) is 64.2 Å². The summed E-state index contributed by atoms with van der Waals surface area (Å²) in [5, 5.41) is 0. The number of phosphoric acid groups is 1. The second-order valence-corrected chi connectivity index (χ2v) is 17.5. The Morgan fingerprint density at radius 1 is 0.556 bits per heavy atom. The highest BCUT2D eigenvalue weighted by Crippen LogP contribution is 2.43. The fourth-order valence-corrected chi connectivity index (χ4v) is 6.69. The molecule has 0 aliphatic rings. The van der Waals surface area contributed by atoms with Crippen molar-refractivity contribution >= 4 is 19.8 Å². The van der Waals surface area contributed by atoms with Crippen LogP contribution >= 0.6 is 7.82 Å². The monoisotopic (exact) mass is 787 g/mol. The number of unbranched alkanes of at least 4 members (excludes halogenated alkanes) is 22. The maximum absolute atomic E-state index is 12.7. The van der Waals surface area contributed by atoms with Gasteiger partial charge in [-0.1, -0.05) is 141 Å². The van der Waals surface area contributed by atoms with Gasteiger partial charge in [-0.25, -0.2) is 4.57 Å². The van der Waals surface area contributed by atoms with Crippen molar-refractivity contribution in [1.29, 1.82) is 0 Å². The maximum atomic E-state index is 12.7. The highest BCUT2D eigenvalue weighted by Gasteiger charge is 2.27. The van der Waals surface area contributed by atoms with E-state index in [1.54, 1.807) is 0 Å². The lowest BCUT2D eigenvalue weighted by Gasteiger charge is -2.24. The standard InChI is InChI=1S/C44H84NO8P/c1-6-8-10-12-14-16-18-20-22-24-26-28-30-32-34-36-43(46)50-40-42(41-52-54(48,49)51-39-38-45(3,4)5)53-44(47)37-35-33-31-29-27-25-23-21-19-17-15-13-11-9-7-2/h20-23,42H,6-19,24-41H2,1-5H3/p+1/b22-20+,23-21+/t42-/m1/s1. The minimum Gasteiger partial charge on any atom is -0.462 e. The second kappa shape index (κ2) is 37.1. The van der Waals surface area contributed by atoms with E-state index >= 15 is 0 Å². The number of nitrogens with zero attached hydrogens (tertiary/aromatic N) is 1. The molecule has 10 heteroatoms. The molecular weight excluding hydrogens is 701 g/mol. The Balaban J connectivity index is 4.38. The average Bonchev–Trinajstić information content (AvgIpc) is 3.12. The molecule has 0 amide bonds. The number of ether oxygens (including phenoxy) is 2. The van der Waals surface area contributed by atoms with Crippen LogP contribution in [0.1, 0.15) is 194 Å². The molecule has 0 aromatic heterocycles. The van der Waals surface area contributed by atoms with Gasteiger partial charge in [0.15, 0.2) is 6.10 Å². The van der Waals surface area contributed by atoms with E-state index in [4.69, 9.17) is 18.5 Å². The summed E-state index contributed by atoms with van der Waals surface area (Å²) in [5.41, 5.74) is 0. The van der Waals surface area contributed by atoms with Gasteiger partial charge in [-0.2, -0.15) is 0 Å². The zero-order chi connectivity index (χ0) is 40.0. The van der Waals surface area contributed by atoms with E-state index in [0.29, 0.717) is 17.4 Å². The van der Waals surface area contributed by atoms with Gasteiger partial charge in [0.2, 0.25) is 0 Å². The van der Waals surface area contributed by atoms with Gasteiger partial charge in [0.1, 0.15) is 19.8 Å². The summed E-state index contributed by atoms with van der Waals surface area (Å²) in [7, 11) is 1.47. The first-order chi connectivity index (χ1) is 26.0. The molecule has 0 aliphatic carbocycles. The summed E-state index contributed by atoms with van der Waals surface area (Å²) >= 11 is 0. The highest BCUT2D eigenvalue weighted by atomic mass is 31.2. The topological polar surface area (TPSA) is 108 Å². The number of phosphoric ester groups is 1. The molecule has 1 unspecified atom stereocenters. The highest BCUT2D eigenvalue weighted by molar-refractivity contribution is 7.47. The van der Waals surface area contributed by atoms with Gasteiger partial charge in [-0.3, -0.25) is 18.6 Å². The smallest absolute Gasteiger partial charge is 0.462 e. The third kappa shape index (κ3) is 40.2. The van der Waals surface area contributed by atoms with Crippen LogP contribution in [0.25, 0.3) is 0 Å². The summed E-state index contributed by atoms with van der Waals surface area (Å²) in [5.74, 6) is -0.814. The van der Waals surface area contributed by atoms with Gasteiger partial charge in [0.05, 0.1) is 27.7 Å². The van der Waals surface area contributed by atoms with Gasteiger partial charge in [-0.15, -0.1) is 0 Å². The molecule has 0 aromatic rings. The fourth-order valence-electron chi connectivity index (χ4n) is 5.94. The lowest BCUT2D eigenvalue weighted by molar-refractivity contribution is -0.870. The zero-order valence-corrected chi connectivity index (χ0v) is 36.6. The molecule has 1 N–H and O–H groups in total. The Hall–Kier alpha value is -1.51. The molecule has 2 atom stereocenters. The van der Waals surface area contributed by atoms with Gasteiger partial charge in [0, 0.05) is 12.8 Å². The normalized spacial score (nSPS) is 13.8. The molecule has 0 fully saturated rings. The molecule has 0 saturated heterocycles. The lowest BCUT2D eigenvalue weighted by Crippen LogP contribution is -2.37. The molecule has 54 heavy (non-hydrogen) atoms. The molecule has 0 bridgehead atoms. The Morgan fingerprint density at radius 2 is 0.944 bits per heavy atom. The van der Waals surface area contributed by atoms with E-state index in [9.17, 15) is 19.0 Å². The Kier molecular flexibility index (Phi) is 36.1. The second-order valence-electron chi connectivity index (χ2n) is 16.1. The van der Waals surface area contributed by atoms with E-state index in [-0.39, 0.29) is 32.0 Å². The molecule has 0 saturated carbocycles. The predicted molar refractivity (Wildman–Crippen MR) is 224 cm³/mol. The third-order valence-electron chi connectivity index (χ3n) is 9.45. The van der Waals surface area contributed by atoms with Crippen LogP contribution in [0.5, 0.6) is 0 Å². The van der Waals surface area contributed by atoms with Crippen LogP contribution in [0.15, 0.2) is 24.3 Å². The molecule has 0 aliphatic heterocycles. The molecule has 9 nitrogen and oxygen atoms in total. The largest absolute Gasteiger partial charge is 0.472 e. The Morgan fingerprint density at radius 3 is 1.37 bits per heavy atom. The van der Waals surface area contributed by atoms with Crippen molar-refractivity contribution in [1.82, 2.24) is 0 Å². The molecule has 0 radical (unpaired) electrons. The van der Waals surface area contributed by atoms with E-state index in [2.05, 4.69) is 38.2 Å². The number of carbonyl (C=O) groups excluding carboxylic acids is 2. The van der Waals surface area contributed by atoms with Crippen molar-refractivity contribution in [2.24, 2.45) is 0 Å². The number of hydrogen-bond acceptors (Lipinski definition) is 7. The number of quaternary nitrogens is 1. The number of esters is 2. The predicted octanol–water partition coefficient (Wildman–Crippen LogP) is 12.4. The fraction of sp³-hybridized carbons (Fsp3) is 0.864. The minimum atomic E-state index is -4.37.